The molecule has 0 amide bonds. The Morgan fingerprint density at radius 1 is 0.950 bits per heavy atom. The molecule has 0 radical (unpaired) electrons. The van der Waals surface area contributed by atoms with E-state index in [1.807, 2.05) is 0 Å². The molecule has 20 heavy (non-hydrogen) atoms. The summed E-state index contributed by atoms with van der Waals surface area (Å²) in [5.74, 6) is -4.98. The normalized spacial score (nSPS) is 10.2. The summed E-state index contributed by atoms with van der Waals surface area (Å²) in [4.78, 5) is 30.1. The van der Waals surface area contributed by atoms with Crippen molar-refractivity contribution < 1.29 is 42.9 Å². The molecule has 0 bridgehead atoms. The number of alkyl halides is 3. The predicted molar refractivity (Wildman–Crippen MR) is 58.8 cm³/mol. The van der Waals surface area contributed by atoms with Gasteiger partial charge in [0.25, 0.3) is 0 Å². The zero-order valence-corrected chi connectivity index (χ0v) is 9.93. The van der Waals surface area contributed by atoms with Crippen LogP contribution in [-0.4, -0.2) is 39.4 Å². The molecule has 0 saturated heterocycles. The molecule has 3 N–H and O–H groups in total. The predicted octanol–water partition coefficient (Wildman–Crippen LogP) is 2.02. The maximum atomic E-state index is 10.6. The minimum Gasteiger partial charge on any atom is -0.478 e. The number of carboxylic acids is 3. The third kappa shape index (κ3) is 4.96. The van der Waals surface area contributed by atoms with Crippen LogP contribution < -0.4 is 0 Å². The van der Waals surface area contributed by atoms with E-state index in [-0.39, 0.29) is 16.7 Å². The smallest absolute Gasteiger partial charge is 0.478 e. The number of carboxylic acid groups (broad SMARTS) is 3. The first kappa shape index (κ1) is 17.4. The van der Waals surface area contributed by atoms with Crippen LogP contribution in [0.15, 0.2) is 18.2 Å². The van der Waals surface area contributed by atoms with Gasteiger partial charge in [0, 0.05) is 0 Å². The SMILES string of the molecule is Cc1c(C(=O)O)cccc1C(=O)O.O=C(O)C(F)(F)F. The highest BCUT2D eigenvalue weighted by atomic mass is 19.4. The van der Waals surface area contributed by atoms with Crippen molar-refractivity contribution in [3.8, 4) is 0 Å². The molecule has 1 aromatic rings. The van der Waals surface area contributed by atoms with Crippen molar-refractivity contribution in [2.24, 2.45) is 0 Å². The molecule has 1 aromatic carbocycles. The molecule has 0 heterocycles. The number of carbonyl (C=O) groups is 3. The lowest BCUT2D eigenvalue weighted by Gasteiger charge is -2.03. The van der Waals surface area contributed by atoms with Crippen LogP contribution in [0.1, 0.15) is 26.3 Å². The molecule has 9 heteroatoms. The zero-order chi connectivity index (χ0) is 16.1. The van der Waals surface area contributed by atoms with E-state index in [9.17, 15) is 22.8 Å². The molecule has 0 aliphatic carbocycles. The van der Waals surface area contributed by atoms with E-state index >= 15 is 0 Å². The van der Waals surface area contributed by atoms with Crippen molar-refractivity contribution >= 4 is 17.9 Å². The van der Waals surface area contributed by atoms with Gasteiger partial charge in [0.05, 0.1) is 11.1 Å². The third-order valence-electron chi connectivity index (χ3n) is 2.04. The summed E-state index contributed by atoms with van der Waals surface area (Å²) in [6.07, 6.45) is -5.08. The zero-order valence-electron chi connectivity index (χ0n) is 9.93. The average molecular weight is 294 g/mol. The van der Waals surface area contributed by atoms with Gasteiger partial charge < -0.3 is 15.3 Å². The Hall–Kier alpha value is -2.58. The number of rotatable bonds is 2. The van der Waals surface area contributed by atoms with Crippen LogP contribution in [0.5, 0.6) is 0 Å². The number of aliphatic carboxylic acids is 1. The molecule has 0 unspecified atom stereocenters. The van der Waals surface area contributed by atoms with E-state index < -0.39 is 24.1 Å². The Morgan fingerprint density at radius 2 is 1.25 bits per heavy atom. The Labute approximate surface area is 110 Å². The van der Waals surface area contributed by atoms with E-state index in [0.717, 1.165) is 0 Å². The Bertz CT molecular complexity index is 503. The van der Waals surface area contributed by atoms with Gasteiger partial charge in [-0.15, -0.1) is 0 Å². The van der Waals surface area contributed by atoms with Crippen molar-refractivity contribution in [1.29, 1.82) is 0 Å². The van der Waals surface area contributed by atoms with Crippen LogP contribution in [0.3, 0.4) is 0 Å². The van der Waals surface area contributed by atoms with Gasteiger partial charge in [-0.2, -0.15) is 13.2 Å². The van der Waals surface area contributed by atoms with Crippen LogP contribution >= 0.6 is 0 Å². The largest absolute Gasteiger partial charge is 0.490 e. The van der Waals surface area contributed by atoms with Gasteiger partial charge in [0.15, 0.2) is 0 Å². The topological polar surface area (TPSA) is 112 Å². The molecule has 0 atom stereocenters. The second-order valence-electron chi connectivity index (χ2n) is 3.39. The van der Waals surface area contributed by atoms with Gasteiger partial charge in [0.2, 0.25) is 0 Å². The van der Waals surface area contributed by atoms with E-state index in [0.29, 0.717) is 0 Å². The lowest BCUT2D eigenvalue weighted by molar-refractivity contribution is -0.192. The minimum absolute atomic E-state index is 0.0277. The van der Waals surface area contributed by atoms with Crippen molar-refractivity contribution in [3.63, 3.8) is 0 Å². The summed E-state index contributed by atoms with van der Waals surface area (Å²) in [5.41, 5.74) is 0.335. The maximum Gasteiger partial charge on any atom is 0.490 e. The quantitative estimate of drug-likeness (QED) is 0.769. The van der Waals surface area contributed by atoms with Crippen molar-refractivity contribution in [1.82, 2.24) is 0 Å². The van der Waals surface area contributed by atoms with Gasteiger partial charge in [-0.05, 0) is 24.6 Å². The van der Waals surface area contributed by atoms with Crippen LogP contribution in [-0.2, 0) is 4.79 Å². The van der Waals surface area contributed by atoms with Gasteiger partial charge >= 0.3 is 24.1 Å². The molecule has 0 fully saturated rings. The minimum atomic E-state index is -5.08. The molecule has 1 rings (SSSR count). The maximum absolute atomic E-state index is 10.6. The molecule has 0 aliphatic rings. The lowest BCUT2D eigenvalue weighted by atomic mass is 10.0. The van der Waals surface area contributed by atoms with E-state index in [1.54, 1.807) is 0 Å². The Balaban J connectivity index is 0.000000441. The summed E-state index contributed by atoms with van der Waals surface area (Å²) < 4.78 is 31.7. The van der Waals surface area contributed by atoms with Gasteiger partial charge in [-0.3, -0.25) is 0 Å². The monoisotopic (exact) mass is 294 g/mol. The van der Waals surface area contributed by atoms with Crippen molar-refractivity contribution in [2.45, 2.75) is 13.1 Å². The van der Waals surface area contributed by atoms with Crippen LogP contribution in [0, 0.1) is 6.92 Å². The molecular weight excluding hydrogens is 285 g/mol. The number of halogens is 3. The number of hydrogen-bond acceptors (Lipinski definition) is 3. The lowest BCUT2D eigenvalue weighted by Crippen LogP contribution is -2.21. The molecule has 0 aromatic heterocycles. The molecular formula is C11H9F3O6. The van der Waals surface area contributed by atoms with E-state index in [4.69, 9.17) is 20.1 Å². The Kier molecular flexibility index (Phi) is 5.70. The summed E-state index contributed by atoms with van der Waals surface area (Å²) >= 11 is 0. The fraction of sp³-hybridized carbons (Fsp3) is 0.182. The first-order valence-corrected chi connectivity index (χ1v) is 4.84. The fourth-order valence-electron chi connectivity index (χ4n) is 1.10. The van der Waals surface area contributed by atoms with E-state index in [2.05, 4.69) is 0 Å². The number of aromatic carboxylic acids is 2. The fourth-order valence-corrected chi connectivity index (χ4v) is 1.10. The highest BCUT2D eigenvalue weighted by Gasteiger charge is 2.38. The van der Waals surface area contributed by atoms with Crippen LogP contribution in [0.25, 0.3) is 0 Å². The third-order valence-corrected chi connectivity index (χ3v) is 2.04. The van der Waals surface area contributed by atoms with Gasteiger partial charge in [-0.25, -0.2) is 14.4 Å². The highest BCUT2D eigenvalue weighted by molar-refractivity contribution is 5.96. The van der Waals surface area contributed by atoms with E-state index in [1.165, 1.54) is 25.1 Å². The summed E-state index contributed by atoms with van der Waals surface area (Å²) in [7, 11) is 0. The van der Waals surface area contributed by atoms with Crippen molar-refractivity contribution in [2.75, 3.05) is 0 Å². The molecule has 0 saturated carbocycles. The molecule has 0 spiro atoms. The van der Waals surface area contributed by atoms with Crippen LogP contribution in [0.2, 0.25) is 0 Å². The van der Waals surface area contributed by atoms with Gasteiger partial charge in [0.1, 0.15) is 0 Å². The average Bonchev–Trinajstić information content (AvgIpc) is 2.27. The van der Waals surface area contributed by atoms with Crippen molar-refractivity contribution in [3.05, 3.63) is 34.9 Å². The number of benzene rings is 1. The second-order valence-corrected chi connectivity index (χ2v) is 3.39. The molecule has 110 valence electrons. The van der Waals surface area contributed by atoms with Gasteiger partial charge in [-0.1, -0.05) is 6.07 Å². The Morgan fingerprint density at radius 3 is 1.45 bits per heavy atom. The highest BCUT2D eigenvalue weighted by Crippen LogP contribution is 2.14. The standard InChI is InChI=1S/C9H8O4.C2HF3O2/c1-5-6(8(10)11)3-2-4-7(5)9(12)13;3-2(4,5)1(6)7/h2-4H,1H3,(H,10,11)(H,12,13);(H,6,7). The second kappa shape index (κ2) is 6.55. The molecule has 0 aliphatic heterocycles. The number of hydrogen-bond donors (Lipinski definition) is 3. The summed E-state index contributed by atoms with van der Waals surface area (Å²) in [6, 6.07) is 4.17. The molecule has 6 nitrogen and oxygen atoms in total. The van der Waals surface area contributed by atoms with Crippen LogP contribution in [0.4, 0.5) is 13.2 Å². The summed E-state index contributed by atoms with van der Waals surface area (Å²) in [5, 5.41) is 24.5. The summed E-state index contributed by atoms with van der Waals surface area (Å²) in [6.45, 7) is 1.48. The first-order valence-electron chi connectivity index (χ1n) is 4.84. The first-order chi connectivity index (χ1) is 8.98.